The van der Waals surface area contributed by atoms with Gasteiger partial charge >= 0.3 is 0 Å². The summed E-state index contributed by atoms with van der Waals surface area (Å²) in [6.07, 6.45) is 5.04. The van der Waals surface area contributed by atoms with Crippen molar-refractivity contribution >= 4 is 34.0 Å². The number of halogens is 2. The Hall–Kier alpha value is -0.330. The number of hydrogen-bond donors (Lipinski definition) is 2. The second kappa shape index (κ2) is 7.29. The van der Waals surface area contributed by atoms with E-state index in [9.17, 15) is 8.42 Å². The van der Waals surface area contributed by atoms with Crippen molar-refractivity contribution in [3.05, 3.63) is 28.8 Å². The molecule has 0 radical (unpaired) electrons. The van der Waals surface area contributed by atoms with Crippen molar-refractivity contribution < 1.29 is 8.42 Å². The summed E-state index contributed by atoms with van der Waals surface area (Å²) in [7, 11) is -3.57. The van der Waals surface area contributed by atoms with Crippen molar-refractivity contribution in [2.45, 2.75) is 49.5 Å². The van der Waals surface area contributed by atoms with E-state index in [1.54, 1.807) is 19.1 Å². The predicted octanol–water partition coefficient (Wildman–Crippen LogP) is 3.01. The monoisotopic (exact) mass is 352 g/mol. The van der Waals surface area contributed by atoms with E-state index in [0.717, 1.165) is 25.7 Å². The smallest absolute Gasteiger partial charge is 0.240 e. The minimum Gasteiger partial charge on any atom is -0.324 e. The molecule has 0 amide bonds. The van der Waals surface area contributed by atoms with Crippen molar-refractivity contribution in [2.75, 3.05) is 6.54 Å². The Morgan fingerprint density at radius 2 is 1.90 bits per heavy atom. The highest BCUT2D eigenvalue weighted by atomic mass is 35.5. The van der Waals surface area contributed by atoms with Crippen LogP contribution in [0.5, 0.6) is 0 Å². The highest BCUT2D eigenvalue weighted by Gasteiger charge is 2.29. The van der Waals surface area contributed by atoms with Crippen LogP contribution in [0.4, 0.5) is 0 Å². The average molecular weight is 353 g/mol. The molecule has 0 unspecified atom stereocenters. The van der Waals surface area contributed by atoms with E-state index in [1.165, 1.54) is 12.5 Å². The molecule has 2 rings (SSSR count). The molecule has 120 valence electrons. The first-order valence-electron chi connectivity index (χ1n) is 6.87. The van der Waals surface area contributed by atoms with E-state index in [1.807, 2.05) is 0 Å². The van der Waals surface area contributed by atoms with Crippen molar-refractivity contribution in [1.29, 1.82) is 0 Å². The zero-order valence-electron chi connectivity index (χ0n) is 12.1. The van der Waals surface area contributed by atoms with E-state index < -0.39 is 15.6 Å². The lowest BCUT2D eigenvalue weighted by molar-refractivity contribution is 0.296. The molecule has 1 aliphatic rings. The Balaban J connectivity index is 0.00000220. The second-order valence-electron chi connectivity index (χ2n) is 5.66. The summed E-state index contributed by atoms with van der Waals surface area (Å²) >= 11 is 5.88. The topological polar surface area (TPSA) is 72.2 Å². The number of sulfonamides is 1. The third-order valence-corrected chi connectivity index (χ3v) is 5.68. The Morgan fingerprint density at radius 3 is 2.52 bits per heavy atom. The van der Waals surface area contributed by atoms with Gasteiger partial charge in [-0.2, -0.15) is 0 Å². The third-order valence-electron chi connectivity index (χ3n) is 3.90. The Morgan fingerprint density at radius 1 is 1.29 bits per heavy atom. The van der Waals surface area contributed by atoms with Crippen LogP contribution >= 0.6 is 24.0 Å². The molecule has 1 aliphatic carbocycles. The maximum Gasteiger partial charge on any atom is 0.240 e. The van der Waals surface area contributed by atoms with Gasteiger partial charge in [-0.3, -0.25) is 0 Å². The van der Waals surface area contributed by atoms with Crippen LogP contribution in [0, 0.1) is 6.92 Å². The standard InChI is InChI=1S/C14H21ClN2O2S.ClH/c1-11-5-6-12(15)9-13(11)20(18,19)17-10-14(16)7-3-2-4-8-14;/h5-6,9,17H,2-4,7-8,10,16H2,1H3;1H. The molecule has 1 fully saturated rings. The summed E-state index contributed by atoms with van der Waals surface area (Å²) in [5.74, 6) is 0. The lowest BCUT2D eigenvalue weighted by Gasteiger charge is -2.33. The maximum absolute atomic E-state index is 12.4. The number of hydrogen-bond acceptors (Lipinski definition) is 3. The number of rotatable bonds is 4. The summed E-state index contributed by atoms with van der Waals surface area (Å²) in [6.45, 7) is 2.03. The SMILES string of the molecule is Cc1ccc(Cl)cc1S(=O)(=O)NCC1(N)CCCCC1.Cl. The van der Waals surface area contributed by atoms with E-state index in [0.29, 0.717) is 10.6 Å². The van der Waals surface area contributed by atoms with Crippen LogP contribution in [0.2, 0.25) is 5.02 Å². The van der Waals surface area contributed by atoms with Crippen LogP contribution in [0.25, 0.3) is 0 Å². The Labute approximate surface area is 137 Å². The van der Waals surface area contributed by atoms with Gasteiger partial charge in [-0.05, 0) is 37.5 Å². The van der Waals surface area contributed by atoms with Gasteiger partial charge in [0.15, 0.2) is 0 Å². The van der Waals surface area contributed by atoms with Crippen LogP contribution in [-0.2, 0) is 10.0 Å². The third kappa shape index (κ3) is 4.83. The van der Waals surface area contributed by atoms with E-state index >= 15 is 0 Å². The van der Waals surface area contributed by atoms with Gasteiger partial charge in [0.1, 0.15) is 0 Å². The molecule has 3 N–H and O–H groups in total. The molecule has 1 aromatic carbocycles. The van der Waals surface area contributed by atoms with Gasteiger partial charge in [-0.25, -0.2) is 13.1 Å². The van der Waals surface area contributed by atoms with Gasteiger partial charge in [0.05, 0.1) is 4.90 Å². The summed E-state index contributed by atoms with van der Waals surface area (Å²) in [5.41, 5.74) is 6.52. The van der Waals surface area contributed by atoms with Crippen LogP contribution < -0.4 is 10.5 Å². The average Bonchev–Trinajstić information content (AvgIpc) is 2.40. The maximum atomic E-state index is 12.4. The molecular formula is C14H22Cl2N2O2S. The van der Waals surface area contributed by atoms with Crippen molar-refractivity contribution in [3.8, 4) is 0 Å². The fourth-order valence-corrected chi connectivity index (χ4v) is 4.26. The quantitative estimate of drug-likeness (QED) is 0.874. The minimum atomic E-state index is -3.57. The molecule has 0 bridgehead atoms. The van der Waals surface area contributed by atoms with Gasteiger partial charge in [0.2, 0.25) is 10.0 Å². The lowest BCUT2D eigenvalue weighted by Crippen LogP contribution is -2.51. The number of nitrogens with two attached hydrogens (primary N) is 1. The molecule has 4 nitrogen and oxygen atoms in total. The molecule has 0 saturated heterocycles. The molecule has 0 heterocycles. The normalized spacial score (nSPS) is 18.0. The van der Waals surface area contributed by atoms with Crippen molar-refractivity contribution in [3.63, 3.8) is 0 Å². The second-order valence-corrected chi connectivity index (χ2v) is 7.83. The molecule has 7 heteroatoms. The molecular weight excluding hydrogens is 331 g/mol. The summed E-state index contributed by atoms with van der Waals surface area (Å²) in [6, 6.07) is 4.86. The summed E-state index contributed by atoms with van der Waals surface area (Å²) in [4.78, 5) is 0.226. The van der Waals surface area contributed by atoms with Crippen molar-refractivity contribution in [1.82, 2.24) is 4.72 Å². The zero-order valence-corrected chi connectivity index (χ0v) is 14.5. The Bertz CT molecular complexity index is 585. The fraction of sp³-hybridized carbons (Fsp3) is 0.571. The van der Waals surface area contributed by atoms with Gasteiger partial charge in [0, 0.05) is 17.1 Å². The highest BCUT2D eigenvalue weighted by molar-refractivity contribution is 7.89. The zero-order chi connectivity index (χ0) is 14.8. The lowest BCUT2D eigenvalue weighted by atomic mass is 9.83. The molecule has 0 aliphatic heterocycles. The molecule has 0 spiro atoms. The first kappa shape index (κ1) is 18.7. The van der Waals surface area contributed by atoms with E-state index in [4.69, 9.17) is 17.3 Å². The molecule has 0 atom stereocenters. The fourth-order valence-electron chi connectivity index (χ4n) is 2.61. The van der Waals surface area contributed by atoms with E-state index in [-0.39, 0.29) is 23.8 Å². The van der Waals surface area contributed by atoms with Crippen LogP contribution in [0.15, 0.2) is 23.1 Å². The van der Waals surface area contributed by atoms with Gasteiger partial charge in [-0.1, -0.05) is 36.9 Å². The molecule has 1 saturated carbocycles. The van der Waals surface area contributed by atoms with Crippen LogP contribution in [-0.4, -0.2) is 20.5 Å². The first-order chi connectivity index (χ1) is 9.32. The number of aryl methyl sites for hydroxylation is 1. The predicted molar refractivity (Wildman–Crippen MR) is 88.6 cm³/mol. The molecule has 21 heavy (non-hydrogen) atoms. The molecule has 1 aromatic rings. The van der Waals surface area contributed by atoms with Crippen LogP contribution in [0.1, 0.15) is 37.7 Å². The van der Waals surface area contributed by atoms with E-state index in [2.05, 4.69) is 4.72 Å². The van der Waals surface area contributed by atoms with Gasteiger partial charge < -0.3 is 5.73 Å². The minimum absolute atomic E-state index is 0. The number of nitrogens with one attached hydrogen (secondary N) is 1. The highest BCUT2D eigenvalue weighted by Crippen LogP contribution is 2.26. The molecule has 0 aromatic heterocycles. The summed E-state index contributed by atoms with van der Waals surface area (Å²) in [5, 5.41) is 0.413. The largest absolute Gasteiger partial charge is 0.324 e. The number of benzene rings is 1. The van der Waals surface area contributed by atoms with Gasteiger partial charge in [0.25, 0.3) is 0 Å². The van der Waals surface area contributed by atoms with Crippen molar-refractivity contribution in [2.24, 2.45) is 5.73 Å². The van der Waals surface area contributed by atoms with Crippen LogP contribution in [0.3, 0.4) is 0 Å². The van der Waals surface area contributed by atoms with Gasteiger partial charge in [-0.15, -0.1) is 12.4 Å². The Kier molecular flexibility index (Phi) is 6.50. The summed E-state index contributed by atoms with van der Waals surface area (Å²) < 4.78 is 27.4. The first-order valence-corrected chi connectivity index (χ1v) is 8.73.